The molecule has 3 aromatic rings. The fourth-order valence-corrected chi connectivity index (χ4v) is 3.65. The number of fused-ring (bicyclic) bond motifs is 1. The Morgan fingerprint density at radius 1 is 0.909 bits per heavy atom. The summed E-state index contributed by atoms with van der Waals surface area (Å²) in [5, 5.41) is 0.292. The maximum atomic E-state index is 13.4. The molecule has 0 atom stereocenters. The van der Waals surface area contributed by atoms with Crippen LogP contribution in [0, 0.1) is 6.92 Å². The third-order valence-corrected chi connectivity index (χ3v) is 4.96. The third-order valence-electron chi connectivity index (χ3n) is 4.54. The van der Waals surface area contributed by atoms with Gasteiger partial charge in [-0.2, -0.15) is 0 Å². The van der Waals surface area contributed by atoms with E-state index in [1.54, 1.807) is 13.0 Å². The average Bonchev–Trinajstić information content (AvgIpc) is 3.07. The molecule has 10 nitrogen and oxygen atoms in total. The summed E-state index contributed by atoms with van der Waals surface area (Å²) in [5.41, 5.74) is 0.382. The molecule has 0 saturated heterocycles. The van der Waals surface area contributed by atoms with Crippen molar-refractivity contribution in [2.75, 3.05) is 28.4 Å². The average molecular weight is 502 g/mol. The minimum absolute atomic E-state index is 0. The Balaban J connectivity index is 0. The fraction of sp³-hybridized carbons (Fsp3) is 0.250. The SMILES string of the molecule is COc1cc(C(=O)c2c(C)oc3c(OP(=O)(O)O)c(OC)ccc23)cc(OC)c1OC.[HH].[HH].[Na].[Na]. The number of benzene rings is 2. The monoisotopic (exact) mass is 502 g/mol. The first-order valence-corrected chi connectivity index (χ1v) is 10.4. The molecule has 0 saturated carbocycles. The van der Waals surface area contributed by atoms with Gasteiger partial charge in [0.25, 0.3) is 0 Å². The molecule has 0 bridgehead atoms. The molecule has 0 unspecified atom stereocenters. The van der Waals surface area contributed by atoms with E-state index in [-0.39, 0.29) is 95.9 Å². The van der Waals surface area contributed by atoms with Crippen LogP contribution in [0.15, 0.2) is 28.7 Å². The van der Waals surface area contributed by atoms with E-state index in [4.69, 9.17) is 27.9 Å². The number of carbonyl (C=O) groups excluding carboxylic acids is 1. The van der Waals surface area contributed by atoms with Crippen LogP contribution < -0.4 is 23.5 Å². The van der Waals surface area contributed by atoms with Crippen LogP contribution in [0.25, 0.3) is 11.0 Å². The molecule has 0 spiro atoms. The molecule has 33 heavy (non-hydrogen) atoms. The smallest absolute Gasteiger partial charge is 0.493 e. The molecule has 2 aromatic carbocycles. The van der Waals surface area contributed by atoms with E-state index in [1.165, 1.54) is 46.6 Å². The zero-order valence-electron chi connectivity index (χ0n) is 19.4. The number of phosphoric ester groups is 1. The Kier molecular flexibility index (Phi) is 10.8. The molecule has 3 rings (SSSR count). The van der Waals surface area contributed by atoms with Gasteiger partial charge in [-0.25, -0.2) is 4.57 Å². The van der Waals surface area contributed by atoms with Crippen molar-refractivity contribution in [2.24, 2.45) is 0 Å². The quantitative estimate of drug-likeness (QED) is 0.269. The molecule has 0 aliphatic rings. The van der Waals surface area contributed by atoms with Crippen LogP contribution in [0.1, 0.15) is 24.5 Å². The number of carbonyl (C=O) groups is 1. The molecule has 0 aliphatic heterocycles. The van der Waals surface area contributed by atoms with Crippen molar-refractivity contribution >= 4 is 83.7 Å². The van der Waals surface area contributed by atoms with Crippen LogP contribution >= 0.6 is 7.82 Å². The molecule has 0 aliphatic carbocycles. The summed E-state index contributed by atoms with van der Waals surface area (Å²) in [6, 6.07) is 5.97. The summed E-state index contributed by atoms with van der Waals surface area (Å²) < 4.78 is 42.9. The number of ketones is 1. The minimum Gasteiger partial charge on any atom is -0.493 e. The number of hydrogen-bond donors (Lipinski definition) is 2. The summed E-state index contributed by atoms with van der Waals surface area (Å²) in [6.45, 7) is 1.55. The van der Waals surface area contributed by atoms with Crippen molar-refractivity contribution in [3.8, 4) is 28.7 Å². The maximum absolute atomic E-state index is 13.4. The van der Waals surface area contributed by atoms with E-state index in [2.05, 4.69) is 0 Å². The van der Waals surface area contributed by atoms with Crippen LogP contribution in [-0.2, 0) is 4.57 Å². The second kappa shape index (κ2) is 12.0. The number of rotatable bonds is 8. The van der Waals surface area contributed by atoms with E-state index < -0.39 is 13.6 Å². The third kappa shape index (κ3) is 6.08. The van der Waals surface area contributed by atoms with Crippen LogP contribution in [0.2, 0.25) is 0 Å². The van der Waals surface area contributed by atoms with Crippen molar-refractivity contribution in [1.82, 2.24) is 0 Å². The van der Waals surface area contributed by atoms with E-state index in [0.717, 1.165) is 0 Å². The second-order valence-electron chi connectivity index (χ2n) is 6.33. The second-order valence-corrected chi connectivity index (χ2v) is 7.50. The van der Waals surface area contributed by atoms with Gasteiger partial charge in [-0.05, 0) is 31.2 Å². The number of aryl methyl sites for hydroxylation is 1. The number of methoxy groups -OCH3 is 4. The number of hydrogen-bond acceptors (Lipinski definition) is 8. The standard InChI is InChI=1S/C20H21O10P.2Na.2H2/c1-10-16(17(21)11-8-14(26-3)19(28-5)15(9-11)27-4)12-6-7-13(25-2)20(18(12)29-10)30-31(22,23)24;;;;/h6-9H,1-5H3,(H2,22,23,24);;;2*1H. The van der Waals surface area contributed by atoms with Gasteiger partial charge in [-0.15, -0.1) is 0 Å². The van der Waals surface area contributed by atoms with Gasteiger partial charge in [0, 0.05) is 72.9 Å². The van der Waals surface area contributed by atoms with Gasteiger partial charge in [0.2, 0.25) is 11.5 Å². The fourth-order valence-electron chi connectivity index (χ4n) is 3.24. The van der Waals surface area contributed by atoms with Gasteiger partial charge in [-0.1, -0.05) is 0 Å². The first-order valence-electron chi connectivity index (χ1n) is 8.85. The molecule has 0 amide bonds. The molecule has 2 radical (unpaired) electrons. The first-order chi connectivity index (χ1) is 14.6. The molecule has 13 heteroatoms. The number of furan rings is 1. The van der Waals surface area contributed by atoms with E-state index in [0.29, 0.717) is 22.6 Å². The molecule has 0 fully saturated rings. The van der Waals surface area contributed by atoms with Crippen molar-refractivity contribution in [3.63, 3.8) is 0 Å². The Hall–Kier alpha value is -1.20. The first kappa shape index (κ1) is 29.8. The Bertz CT molecular complexity index is 1190. The van der Waals surface area contributed by atoms with Gasteiger partial charge < -0.3 is 27.9 Å². The Morgan fingerprint density at radius 2 is 1.45 bits per heavy atom. The predicted molar refractivity (Wildman–Crippen MR) is 125 cm³/mol. The molecule has 1 heterocycles. The minimum atomic E-state index is -4.92. The van der Waals surface area contributed by atoms with E-state index >= 15 is 0 Å². The van der Waals surface area contributed by atoms with Crippen molar-refractivity contribution in [2.45, 2.75) is 6.92 Å². The summed E-state index contributed by atoms with van der Waals surface area (Å²) in [5.74, 6) is 0.445. The predicted octanol–water partition coefficient (Wildman–Crippen LogP) is 3.21. The van der Waals surface area contributed by atoms with Crippen LogP contribution in [0.3, 0.4) is 0 Å². The van der Waals surface area contributed by atoms with E-state index in [1.807, 2.05) is 0 Å². The van der Waals surface area contributed by atoms with Crippen LogP contribution in [0.5, 0.6) is 28.7 Å². The topological polar surface area (TPSA) is 134 Å². The number of phosphoric acid groups is 1. The zero-order valence-corrected chi connectivity index (χ0v) is 24.3. The molecular formula is C20H25Na2O10P. The summed E-state index contributed by atoms with van der Waals surface area (Å²) in [6.07, 6.45) is 0. The van der Waals surface area contributed by atoms with Gasteiger partial charge in [0.15, 0.2) is 28.6 Å². The van der Waals surface area contributed by atoms with Gasteiger partial charge in [0.1, 0.15) is 5.76 Å². The van der Waals surface area contributed by atoms with Gasteiger partial charge in [0.05, 0.1) is 34.0 Å². The summed E-state index contributed by atoms with van der Waals surface area (Å²) in [4.78, 5) is 31.9. The number of ether oxygens (including phenoxy) is 4. The normalized spacial score (nSPS) is 10.6. The molecular weight excluding hydrogens is 477 g/mol. The van der Waals surface area contributed by atoms with Crippen LogP contribution in [0.4, 0.5) is 0 Å². The largest absolute Gasteiger partial charge is 0.525 e. The molecule has 2 N–H and O–H groups in total. The summed E-state index contributed by atoms with van der Waals surface area (Å²) in [7, 11) is 0.704. The molecule has 172 valence electrons. The van der Waals surface area contributed by atoms with Crippen LogP contribution in [-0.4, -0.2) is 103 Å². The van der Waals surface area contributed by atoms with Gasteiger partial charge in [-0.3, -0.25) is 14.6 Å². The van der Waals surface area contributed by atoms with Crippen molar-refractivity contribution in [3.05, 3.63) is 41.2 Å². The summed E-state index contributed by atoms with van der Waals surface area (Å²) >= 11 is 0. The maximum Gasteiger partial charge on any atom is 0.525 e. The van der Waals surface area contributed by atoms with Crippen molar-refractivity contribution in [1.29, 1.82) is 0 Å². The Morgan fingerprint density at radius 3 is 1.91 bits per heavy atom. The zero-order chi connectivity index (χ0) is 22.9. The van der Waals surface area contributed by atoms with Crippen molar-refractivity contribution < 1.29 is 49.9 Å². The molecule has 1 aromatic heterocycles. The van der Waals surface area contributed by atoms with Gasteiger partial charge >= 0.3 is 7.82 Å². The Labute approximate surface area is 237 Å². The van der Waals surface area contributed by atoms with E-state index in [9.17, 15) is 19.1 Å².